The summed E-state index contributed by atoms with van der Waals surface area (Å²) < 4.78 is 4.84. The predicted octanol–water partition coefficient (Wildman–Crippen LogP) is 4.46. The monoisotopic (exact) mass is 278 g/mol. The van der Waals surface area contributed by atoms with E-state index >= 15 is 0 Å². The summed E-state index contributed by atoms with van der Waals surface area (Å²) >= 11 is 1.67. The quantitative estimate of drug-likeness (QED) is 0.304. The molecule has 1 aromatic rings. The molecule has 0 saturated heterocycles. The van der Waals surface area contributed by atoms with Gasteiger partial charge in [0.1, 0.15) is 0 Å². The van der Waals surface area contributed by atoms with Crippen molar-refractivity contribution in [1.29, 1.82) is 0 Å². The van der Waals surface area contributed by atoms with Gasteiger partial charge in [0, 0.05) is 16.2 Å². The fourth-order valence-corrected chi connectivity index (χ4v) is 2.59. The van der Waals surface area contributed by atoms with Crippen molar-refractivity contribution in [3.05, 3.63) is 42.0 Å². The smallest absolute Gasteiger partial charge is 0.334 e. The molecule has 0 aliphatic heterocycles. The second-order valence-electron chi connectivity index (χ2n) is 4.32. The Hall–Kier alpha value is -1.22. The first kappa shape index (κ1) is 15.8. The van der Waals surface area contributed by atoms with Crippen LogP contribution in [0.1, 0.15) is 32.6 Å². The Morgan fingerprint density at radius 1 is 1.26 bits per heavy atom. The molecule has 0 fully saturated rings. The highest BCUT2D eigenvalue weighted by atomic mass is 32.2. The molecule has 0 spiro atoms. The maximum atomic E-state index is 11.7. The van der Waals surface area contributed by atoms with Crippen molar-refractivity contribution >= 4 is 17.7 Å². The minimum Gasteiger partial charge on any atom is -0.466 e. The van der Waals surface area contributed by atoms with Crippen molar-refractivity contribution in [2.24, 2.45) is 0 Å². The lowest BCUT2D eigenvalue weighted by molar-refractivity contribution is -0.136. The van der Waals surface area contributed by atoms with Gasteiger partial charge >= 0.3 is 5.97 Å². The number of unbranched alkanes of at least 4 members (excludes halogenated alkanes) is 3. The molecule has 0 amide bonds. The highest BCUT2D eigenvalue weighted by Crippen LogP contribution is 2.21. The van der Waals surface area contributed by atoms with E-state index in [-0.39, 0.29) is 5.97 Å². The van der Waals surface area contributed by atoms with Crippen molar-refractivity contribution in [3.8, 4) is 0 Å². The summed E-state index contributed by atoms with van der Waals surface area (Å²) in [6, 6.07) is 10.1. The van der Waals surface area contributed by atoms with Crippen LogP contribution in [0.5, 0.6) is 0 Å². The number of carbonyl (C=O) groups excluding carboxylic acids is 1. The number of esters is 1. The Morgan fingerprint density at radius 2 is 2.00 bits per heavy atom. The van der Waals surface area contributed by atoms with Crippen LogP contribution < -0.4 is 0 Å². The molecule has 2 nitrogen and oxygen atoms in total. The van der Waals surface area contributed by atoms with E-state index in [2.05, 4.69) is 19.1 Å². The summed E-state index contributed by atoms with van der Waals surface area (Å²) in [5.41, 5.74) is 0.771. The lowest BCUT2D eigenvalue weighted by Gasteiger charge is -2.06. The van der Waals surface area contributed by atoms with Gasteiger partial charge in [-0.2, -0.15) is 0 Å². The molecule has 0 heterocycles. The maximum absolute atomic E-state index is 11.7. The van der Waals surface area contributed by atoms with E-state index in [0.717, 1.165) is 18.4 Å². The van der Waals surface area contributed by atoms with Crippen molar-refractivity contribution in [3.63, 3.8) is 0 Å². The lowest BCUT2D eigenvalue weighted by atomic mass is 10.1. The average molecular weight is 278 g/mol. The highest BCUT2D eigenvalue weighted by molar-refractivity contribution is 7.99. The number of allylic oxidation sites excluding steroid dienone is 1. The number of hydrogen-bond donors (Lipinski definition) is 0. The van der Waals surface area contributed by atoms with Gasteiger partial charge in [0.2, 0.25) is 0 Å². The highest BCUT2D eigenvalue weighted by Gasteiger charge is 2.09. The van der Waals surface area contributed by atoms with Crippen LogP contribution in [-0.4, -0.2) is 18.8 Å². The molecule has 0 N–H and O–H groups in total. The zero-order valence-corrected chi connectivity index (χ0v) is 12.5. The molecule has 1 rings (SSSR count). The number of hydrogen-bond acceptors (Lipinski definition) is 3. The van der Waals surface area contributed by atoms with Gasteiger partial charge in [-0.05, 0) is 25.0 Å². The summed E-state index contributed by atoms with van der Waals surface area (Å²) in [5.74, 6) is 0.461. The van der Waals surface area contributed by atoms with Crippen LogP contribution in [0.25, 0.3) is 0 Å². The van der Waals surface area contributed by atoms with Crippen molar-refractivity contribution in [1.82, 2.24) is 0 Å². The molecular weight excluding hydrogens is 256 g/mol. The second-order valence-corrected chi connectivity index (χ2v) is 5.37. The number of benzene rings is 1. The second kappa shape index (κ2) is 9.68. The third-order valence-corrected chi connectivity index (χ3v) is 3.84. The van der Waals surface area contributed by atoms with Crippen LogP contribution in [0.15, 0.2) is 46.9 Å². The van der Waals surface area contributed by atoms with Gasteiger partial charge in [-0.15, -0.1) is 11.8 Å². The van der Waals surface area contributed by atoms with Gasteiger partial charge in [-0.1, -0.05) is 44.0 Å². The Bertz CT molecular complexity index is 398. The fourth-order valence-electron chi connectivity index (χ4n) is 1.68. The third-order valence-electron chi connectivity index (χ3n) is 2.78. The number of methoxy groups -OCH3 is 1. The van der Waals surface area contributed by atoms with Crippen LogP contribution in [-0.2, 0) is 9.53 Å². The van der Waals surface area contributed by atoms with Crippen molar-refractivity contribution < 1.29 is 9.53 Å². The zero-order chi connectivity index (χ0) is 13.9. The Labute approximate surface area is 120 Å². The van der Waals surface area contributed by atoms with Crippen LogP contribution in [0.2, 0.25) is 0 Å². The molecule has 0 saturated carbocycles. The first-order valence-electron chi connectivity index (χ1n) is 6.73. The number of ether oxygens (including phenoxy) is 1. The van der Waals surface area contributed by atoms with E-state index in [0.29, 0.717) is 5.75 Å². The molecule has 19 heavy (non-hydrogen) atoms. The Morgan fingerprint density at radius 3 is 2.63 bits per heavy atom. The Balaban J connectivity index is 2.52. The van der Waals surface area contributed by atoms with Crippen LogP contribution in [0, 0.1) is 0 Å². The Kier molecular flexibility index (Phi) is 8.07. The van der Waals surface area contributed by atoms with E-state index < -0.39 is 0 Å². The minimum absolute atomic E-state index is 0.208. The molecule has 0 unspecified atom stereocenters. The van der Waals surface area contributed by atoms with Crippen molar-refractivity contribution in [2.45, 2.75) is 37.5 Å². The minimum atomic E-state index is -0.208. The van der Waals surface area contributed by atoms with E-state index in [1.54, 1.807) is 11.8 Å². The van der Waals surface area contributed by atoms with Gasteiger partial charge in [0.25, 0.3) is 0 Å². The molecule has 0 bridgehead atoms. The topological polar surface area (TPSA) is 26.3 Å². The molecule has 0 aromatic heterocycles. The first-order valence-corrected chi connectivity index (χ1v) is 7.71. The molecule has 104 valence electrons. The maximum Gasteiger partial charge on any atom is 0.334 e. The van der Waals surface area contributed by atoms with Crippen LogP contribution in [0.4, 0.5) is 0 Å². The molecule has 0 atom stereocenters. The largest absolute Gasteiger partial charge is 0.466 e. The number of thioether (sulfide) groups is 1. The molecular formula is C16H22O2S. The van der Waals surface area contributed by atoms with Gasteiger partial charge in [0.05, 0.1) is 7.11 Å². The summed E-state index contributed by atoms with van der Waals surface area (Å²) in [4.78, 5) is 12.9. The molecule has 0 radical (unpaired) electrons. The summed E-state index contributed by atoms with van der Waals surface area (Å²) in [5, 5.41) is 0. The normalized spacial score (nSPS) is 11.4. The number of carbonyl (C=O) groups is 1. The SMILES string of the molecule is CCCCC/C=C(\CSc1ccccc1)C(=O)OC. The lowest BCUT2D eigenvalue weighted by Crippen LogP contribution is -2.07. The third kappa shape index (κ3) is 6.48. The van der Waals surface area contributed by atoms with Gasteiger partial charge in [0.15, 0.2) is 0 Å². The van der Waals surface area contributed by atoms with Crippen molar-refractivity contribution in [2.75, 3.05) is 12.9 Å². The molecule has 3 heteroatoms. The zero-order valence-electron chi connectivity index (χ0n) is 11.7. The van der Waals surface area contributed by atoms with E-state index in [1.807, 2.05) is 24.3 Å². The van der Waals surface area contributed by atoms with Gasteiger partial charge in [-0.3, -0.25) is 0 Å². The first-order chi connectivity index (χ1) is 9.27. The molecule has 1 aromatic carbocycles. The fraction of sp³-hybridized carbons (Fsp3) is 0.438. The summed E-state index contributed by atoms with van der Waals surface area (Å²) in [6.45, 7) is 2.18. The van der Waals surface area contributed by atoms with E-state index in [9.17, 15) is 4.79 Å². The molecule has 0 aliphatic rings. The summed E-state index contributed by atoms with van der Waals surface area (Å²) in [6.07, 6.45) is 6.51. The summed E-state index contributed by atoms with van der Waals surface area (Å²) in [7, 11) is 1.44. The average Bonchev–Trinajstić information content (AvgIpc) is 2.47. The molecule has 0 aliphatic carbocycles. The van der Waals surface area contributed by atoms with Crippen LogP contribution >= 0.6 is 11.8 Å². The predicted molar refractivity (Wildman–Crippen MR) is 81.4 cm³/mol. The number of rotatable bonds is 8. The van der Waals surface area contributed by atoms with Crippen LogP contribution in [0.3, 0.4) is 0 Å². The van der Waals surface area contributed by atoms with Gasteiger partial charge in [-0.25, -0.2) is 4.79 Å². The van der Waals surface area contributed by atoms with E-state index in [4.69, 9.17) is 4.74 Å². The van der Waals surface area contributed by atoms with Gasteiger partial charge < -0.3 is 4.74 Å². The van der Waals surface area contributed by atoms with E-state index in [1.165, 1.54) is 24.8 Å². The standard InChI is InChI=1S/C16H22O2S/c1-3-4-5-7-10-14(16(17)18-2)13-19-15-11-8-6-9-12-15/h6,8-12H,3-5,7,13H2,1-2H3/b14-10+.